The molecule has 264 valence electrons. The Hall–Kier alpha value is -0.880. The average molecular weight is 707 g/mol. The van der Waals surface area contributed by atoms with Crippen molar-refractivity contribution in [2.24, 2.45) is 46.3 Å². The third-order valence-electron chi connectivity index (χ3n) is 13.3. The zero-order valence-corrected chi connectivity index (χ0v) is 32.5. The van der Waals surface area contributed by atoms with E-state index in [-0.39, 0.29) is 28.9 Å². The van der Waals surface area contributed by atoms with Crippen molar-refractivity contribution >= 4 is 27.8 Å². The van der Waals surface area contributed by atoms with Crippen LogP contribution in [0.15, 0.2) is 11.6 Å². The van der Waals surface area contributed by atoms with Gasteiger partial charge in [-0.25, -0.2) is 0 Å². The molecule has 0 saturated heterocycles. The summed E-state index contributed by atoms with van der Waals surface area (Å²) in [7, 11) is 0. The molecule has 0 aromatic heterocycles. The van der Waals surface area contributed by atoms with Gasteiger partial charge in [0.2, 0.25) is 5.91 Å². The predicted molar refractivity (Wildman–Crippen MR) is 193 cm³/mol. The molecule has 0 aliphatic heterocycles. The topological polar surface area (TPSA) is 64.6 Å². The second-order valence-electron chi connectivity index (χ2n) is 18.1. The minimum Gasteiger partial charge on any atom is -0.462 e. The van der Waals surface area contributed by atoms with Gasteiger partial charge >= 0.3 is 5.97 Å². The molecule has 0 heterocycles. The summed E-state index contributed by atoms with van der Waals surface area (Å²) >= 11 is 3.20. The number of allylic oxidation sites excluding steroid dienone is 1. The summed E-state index contributed by atoms with van der Waals surface area (Å²) < 4.78 is 12.3. The summed E-state index contributed by atoms with van der Waals surface area (Å²) in [6.45, 7) is 21.1. The van der Waals surface area contributed by atoms with Gasteiger partial charge in [-0.2, -0.15) is 0 Å². The van der Waals surface area contributed by atoms with Crippen molar-refractivity contribution in [2.45, 2.75) is 169 Å². The lowest BCUT2D eigenvalue weighted by molar-refractivity contribution is -0.153. The van der Waals surface area contributed by atoms with E-state index in [4.69, 9.17) is 9.47 Å². The second-order valence-corrected chi connectivity index (χ2v) is 18.6. The van der Waals surface area contributed by atoms with Gasteiger partial charge in [-0.1, -0.05) is 81.5 Å². The van der Waals surface area contributed by atoms with E-state index in [0.29, 0.717) is 36.6 Å². The van der Waals surface area contributed by atoms with Crippen molar-refractivity contribution in [3.8, 4) is 0 Å². The minimum absolute atomic E-state index is 0.00246. The van der Waals surface area contributed by atoms with Crippen molar-refractivity contribution < 1.29 is 19.1 Å². The average Bonchev–Trinajstić information content (AvgIpc) is 3.33. The molecule has 0 bridgehead atoms. The fourth-order valence-corrected chi connectivity index (χ4v) is 10.7. The van der Waals surface area contributed by atoms with Crippen LogP contribution in [-0.4, -0.2) is 41.1 Å². The monoisotopic (exact) mass is 705 g/mol. The first kappa shape index (κ1) is 37.9. The quantitative estimate of drug-likeness (QED) is 0.105. The normalized spacial score (nSPS) is 33.5. The Bertz CT molecular complexity index is 1080. The molecule has 8 atom stereocenters. The molecule has 0 aromatic rings. The van der Waals surface area contributed by atoms with E-state index in [1.165, 1.54) is 51.4 Å². The molecule has 0 aromatic carbocycles. The fraction of sp³-hybridized carbons (Fsp3) is 0.900. The van der Waals surface area contributed by atoms with Crippen LogP contribution in [0.25, 0.3) is 0 Å². The summed E-state index contributed by atoms with van der Waals surface area (Å²) in [5.74, 6) is 4.92. The number of alkyl halides is 1. The SMILES string of the molecule is CC(C)CCCC(C)C1CCC2C3CC=C4CC(OC(=O)CCC(C)(C)OCCC(C)(C)NC(=O)CBr)CCC4(C)C3CCC12C. The van der Waals surface area contributed by atoms with Gasteiger partial charge < -0.3 is 14.8 Å². The molecule has 4 aliphatic carbocycles. The van der Waals surface area contributed by atoms with Crippen molar-refractivity contribution in [3.05, 3.63) is 11.6 Å². The van der Waals surface area contributed by atoms with Crippen LogP contribution in [0, 0.1) is 46.3 Å². The Labute approximate surface area is 290 Å². The zero-order valence-electron chi connectivity index (χ0n) is 30.9. The molecular formula is C40H68BrNO4. The molecule has 6 heteroatoms. The summed E-state index contributed by atoms with van der Waals surface area (Å²) in [6.07, 6.45) is 18.4. The number of halogens is 1. The molecule has 0 radical (unpaired) electrons. The molecule has 46 heavy (non-hydrogen) atoms. The van der Waals surface area contributed by atoms with Gasteiger partial charge in [-0.15, -0.1) is 0 Å². The van der Waals surface area contributed by atoms with E-state index in [9.17, 15) is 9.59 Å². The first-order valence-electron chi connectivity index (χ1n) is 18.9. The van der Waals surface area contributed by atoms with Gasteiger partial charge in [0, 0.05) is 25.0 Å². The van der Waals surface area contributed by atoms with Gasteiger partial charge in [0.05, 0.1) is 10.9 Å². The standard InChI is InChI=1S/C40H68BrNO4/c1-27(2)11-10-12-28(3)32-15-16-33-31-14-13-29-25-30(17-21-39(29,8)34(31)18-22-40(32,33)9)46-36(44)19-20-38(6,7)45-24-23-37(4,5)42-35(43)26-41/h13,27-28,30-34H,10-12,14-26H2,1-9H3,(H,42,43). The number of carbonyl (C=O) groups excluding carboxylic acids is 2. The van der Waals surface area contributed by atoms with Crippen molar-refractivity contribution in [2.75, 3.05) is 11.9 Å². The number of rotatable bonds is 15. The molecule has 1 amide bonds. The molecule has 3 saturated carbocycles. The highest BCUT2D eigenvalue weighted by molar-refractivity contribution is 9.09. The van der Waals surface area contributed by atoms with Gasteiger partial charge in [0.1, 0.15) is 6.10 Å². The highest BCUT2D eigenvalue weighted by atomic mass is 79.9. The largest absolute Gasteiger partial charge is 0.462 e. The summed E-state index contributed by atoms with van der Waals surface area (Å²) in [5.41, 5.74) is 1.60. The molecule has 1 N–H and O–H groups in total. The van der Waals surface area contributed by atoms with E-state index in [1.54, 1.807) is 5.57 Å². The first-order chi connectivity index (χ1) is 21.5. The lowest BCUT2D eigenvalue weighted by Gasteiger charge is -2.58. The predicted octanol–water partition coefficient (Wildman–Crippen LogP) is 10.2. The van der Waals surface area contributed by atoms with E-state index < -0.39 is 5.60 Å². The van der Waals surface area contributed by atoms with Crippen LogP contribution in [0.4, 0.5) is 0 Å². The number of ether oxygens (including phenoxy) is 2. The second kappa shape index (κ2) is 15.3. The van der Waals surface area contributed by atoms with Crippen molar-refractivity contribution in [3.63, 3.8) is 0 Å². The number of amides is 1. The Morgan fingerprint density at radius 1 is 1.00 bits per heavy atom. The Morgan fingerprint density at radius 2 is 1.74 bits per heavy atom. The summed E-state index contributed by atoms with van der Waals surface area (Å²) in [4.78, 5) is 24.8. The van der Waals surface area contributed by atoms with Crippen LogP contribution >= 0.6 is 15.9 Å². The summed E-state index contributed by atoms with van der Waals surface area (Å²) in [6, 6.07) is 0. The maximum Gasteiger partial charge on any atom is 0.306 e. The van der Waals surface area contributed by atoms with Crippen LogP contribution in [0.1, 0.15) is 152 Å². The lowest BCUT2D eigenvalue weighted by Crippen LogP contribution is -2.51. The fourth-order valence-electron chi connectivity index (χ4n) is 10.5. The van der Waals surface area contributed by atoms with Crippen molar-refractivity contribution in [1.82, 2.24) is 5.32 Å². The Kier molecular flexibility index (Phi) is 12.7. The van der Waals surface area contributed by atoms with Crippen LogP contribution in [0.5, 0.6) is 0 Å². The lowest BCUT2D eigenvalue weighted by atomic mass is 9.47. The van der Waals surface area contributed by atoms with Gasteiger partial charge in [-0.05, 0) is 132 Å². The van der Waals surface area contributed by atoms with Crippen molar-refractivity contribution in [1.29, 1.82) is 0 Å². The van der Waals surface area contributed by atoms with Crippen LogP contribution in [0.3, 0.4) is 0 Å². The number of hydrogen-bond acceptors (Lipinski definition) is 4. The molecule has 4 aliphatic rings. The van der Waals surface area contributed by atoms with Gasteiger partial charge in [0.15, 0.2) is 0 Å². The zero-order chi connectivity index (χ0) is 33.9. The molecule has 4 rings (SSSR count). The van der Waals surface area contributed by atoms with E-state index in [1.807, 2.05) is 27.7 Å². The molecular weight excluding hydrogens is 638 g/mol. The van der Waals surface area contributed by atoms with Gasteiger partial charge in [0.25, 0.3) is 0 Å². The molecule has 3 fully saturated rings. The van der Waals surface area contributed by atoms with E-state index in [0.717, 1.165) is 54.8 Å². The van der Waals surface area contributed by atoms with E-state index in [2.05, 4.69) is 61.9 Å². The smallest absolute Gasteiger partial charge is 0.306 e. The third kappa shape index (κ3) is 9.01. The molecule has 0 spiro atoms. The summed E-state index contributed by atoms with van der Waals surface area (Å²) in [5, 5.41) is 3.30. The van der Waals surface area contributed by atoms with Crippen LogP contribution in [-0.2, 0) is 19.1 Å². The first-order valence-corrected chi connectivity index (χ1v) is 20.0. The highest BCUT2D eigenvalue weighted by Crippen LogP contribution is 2.67. The molecule has 5 nitrogen and oxygen atoms in total. The van der Waals surface area contributed by atoms with Crippen LogP contribution < -0.4 is 5.32 Å². The Morgan fingerprint density at radius 3 is 2.43 bits per heavy atom. The third-order valence-corrected chi connectivity index (χ3v) is 13.8. The Balaban J connectivity index is 1.26. The highest BCUT2D eigenvalue weighted by Gasteiger charge is 2.59. The van der Waals surface area contributed by atoms with Crippen LogP contribution in [0.2, 0.25) is 0 Å². The van der Waals surface area contributed by atoms with Gasteiger partial charge in [-0.3, -0.25) is 9.59 Å². The number of hydrogen-bond donors (Lipinski definition) is 1. The minimum atomic E-state index is -0.429. The number of nitrogens with one attached hydrogen (secondary N) is 1. The van der Waals surface area contributed by atoms with E-state index >= 15 is 0 Å². The maximum atomic E-state index is 13.0. The molecule has 8 unspecified atom stereocenters. The number of carbonyl (C=O) groups is 2. The number of esters is 1. The maximum absolute atomic E-state index is 13.0. The number of fused-ring (bicyclic) bond motifs is 5.